The third kappa shape index (κ3) is 1.98. The molecular formula is C9H19N. The molecular weight excluding hydrogens is 122 g/mol. The molecule has 0 aliphatic carbocycles. The first-order valence-corrected chi connectivity index (χ1v) is 4.43. The van der Waals surface area contributed by atoms with Gasteiger partial charge in [0.15, 0.2) is 0 Å². The van der Waals surface area contributed by atoms with E-state index in [-0.39, 0.29) is 0 Å². The Labute approximate surface area is 64.2 Å². The molecule has 1 N–H and O–H groups in total. The molecule has 0 unspecified atom stereocenters. The number of piperidine rings is 1. The molecule has 0 amide bonds. The summed E-state index contributed by atoms with van der Waals surface area (Å²) in [6.07, 6.45) is 2.79. The summed E-state index contributed by atoms with van der Waals surface area (Å²) in [5.74, 6) is 1.71. The van der Waals surface area contributed by atoms with Gasteiger partial charge in [-0.1, -0.05) is 20.8 Å². The Morgan fingerprint density at radius 2 is 2.00 bits per heavy atom. The molecule has 1 heteroatoms. The quantitative estimate of drug-likeness (QED) is 0.589. The molecule has 1 rings (SSSR count). The topological polar surface area (TPSA) is 12.0 Å². The van der Waals surface area contributed by atoms with Crippen molar-refractivity contribution >= 4 is 0 Å². The lowest BCUT2D eigenvalue weighted by molar-refractivity contribution is 0.277. The van der Waals surface area contributed by atoms with Gasteiger partial charge in [-0.25, -0.2) is 0 Å². The Hall–Kier alpha value is -0.0400. The van der Waals surface area contributed by atoms with Gasteiger partial charge in [0, 0.05) is 6.04 Å². The third-order valence-corrected chi connectivity index (χ3v) is 2.50. The number of rotatable bonds is 1. The minimum Gasteiger partial charge on any atom is -0.313 e. The zero-order valence-electron chi connectivity index (χ0n) is 7.35. The van der Waals surface area contributed by atoms with Crippen molar-refractivity contribution in [2.45, 2.75) is 39.7 Å². The molecule has 1 saturated heterocycles. The van der Waals surface area contributed by atoms with Crippen molar-refractivity contribution in [2.75, 3.05) is 6.54 Å². The van der Waals surface area contributed by atoms with E-state index in [0.29, 0.717) is 0 Å². The highest BCUT2D eigenvalue weighted by molar-refractivity contribution is 4.77. The first kappa shape index (κ1) is 8.06. The van der Waals surface area contributed by atoms with E-state index in [1.807, 2.05) is 0 Å². The first-order chi connectivity index (χ1) is 4.70. The SMILES string of the molecule is CC(C)[C@@H]1CC[C@H](C)CN1. The largest absolute Gasteiger partial charge is 0.313 e. The fourth-order valence-electron chi connectivity index (χ4n) is 1.59. The van der Waals surface area contributed by atoms with Gasteiger partial charge < -0.3 is 5.32 Å². The molecule has 1 heterocycles. The monoisotopic (exact) mass is 141 g/mol. The Kier molecular flexibility index (Phi) is 2.72. The van der Waals surface area contributed by atoms with E-state index in [4.69, 9.17) is 0 Å². The Morgan fingerprint density at radius 1 is 1.30 bits per heavy atom. The van der Waals surface area contributed by atoms with E-state index in [1.54, 1.807) is 0 Å². The van der Waals surface area contributed by atoms with Crippen molar-refractivity contribution in [3.8, 4) is 0 Å². The normalized spacial score (nSPS) is 34.8. The number of hydrogen-bond donors (Lipinski definition) is 1. The molecule has 60 valence electrons. The lowest BCUT2D eigenvalue weighted by Gasteiger charge is -2.30. The van der Waals surface area contributed by atoms with Crippen molar-refractivity contribution in [1.29, 1.82) is 0 Å². The van der Waals surface area contributed by atoms with Gasteiger partial charge in [-0.15, -0.1) is 0 Å². The van der Waals surface area contributed by atoms with Gasteiger partial charge in [0.2, 0.25) is 0 Å². The predicted molar refractivity (Wildman–Crippen MR) is 45.0 cm³/mol. The van der Waals surface area contributed by atoms with Gasteiger partial charge in [0.1, 0.15) is 0 Å². The van der Waals surface area contributed by atoms with Crippen LogP contribution in [0.1, 0.15) is 33.6 Å². The van der Waals surface area contributed by atoms with Crippen molar-refractivity contribution in [3.05, 3.63) is 0 Å². The number of hydrogen-bond acceptors (Lipinski definition) is 1. The second-order valence-corrected chi connectivity index (χ2v) is 3.94. The molecule has 1 fully saturated rings. The highest BCUT2D eigenvalue weighted by Gasteiger charge is 2.19. The third-order valence-electron chi connectivity index (χ3n) is 2.50. The summed E-state index contributed by atoms with van der Waals surface area (Å²) in [6.45, 7) is 8.15. The van der Waals surface area contributed by atoms with Gasteiger partial charge in [-0.2, -0.15) is 0 Å². The van der Waals surface area contributed by atoms with Crippen molar-refractivity contribution in [2.24, 2.45) is 11.8 Å². The molecule has 0 spiro atoms. The maximum Gasteiger partial charge on any atom is 0.00902 e. The van der Waals surface area contributed by atoms with Crippen LogP contribution in [0.5, 0.6) is 0 Å². The van der Waals surface area contributed by atoms with Gasteiger partial charge in [0.05, 0.1) is 0 Å². The molecule has 2 atom stereocenters. The Morgan fingerprint density at radius 3 is 2.40 bits per heavy atom. The van der Waals surface area contributed by atoms with Crippen LogP contribution < -0.4 is 5.32 Å². The average Bonchev–Trinajstić information content (AvgIpc) is 1.88. The van der Waals surface area contributed by atoms with E-state index in [0.717, 1.165) is 17.9 Å². The zero-order valence-corrected chi connectivity index (χ0v) is 7.35. The maximum absolute atomic E-state index is 3.57. The van der Waals surface area contributed by atoms with Crippen LogP contribution in [-0.4, -0.2) is 12.6 Å². The summed E-state index contributed by atoms with van der Waals surface area (Å²) in [4.78, 5) is 0. The van der Waals surface area contributed by atoms with Crippen LogP contribution in [0.4, 0.5) is 0 Å². The second-order valence-electron chi connectivity index (χ2n) is 3.94. The Bertz CT molecular complexity index is 90.9. The molecule has 0 aromatic rings. The highest BCUT2D eigenvalue weighted by Crippen LogP contribution is 2.17. The van der Waals surface area contributed by atoms with Crippen molar-refractivity contribution in [1.82, 2.24) is 5.32 Å². The molecule has 10 heavy (non-hydrogen) atoms. The fourth-order valence-corrected chi connectivity index (χ4v) is 1.59. The summed E-state index contributed by atoms with van der Waals surface area (Å²) in [5.41, 5.74) is 0. The highest BCUT2D eigenvalue weighted by atomic mass is 14.9. The van der Waals surface area contributed by atoms with E-state index in [2.05, 4.69) is 26.1 Å². The summed E-state index contributed by atoms with van der Waals surface area (Å²) in [7, 11) is 0. The van der Waals surface area contributed by atoms with Crippen LogP contribution >= 0.6 is 0 Å². The molecule has 0 bridgehead atoms. The van der Waals surface area contributed by atoms with E-state index < -0.39 is 0 Å². The molecule has 0 radical (unpaired) electrons. The molecule has 1 aliphatic rings. The summed E-state index contributed by atoms with van der Waals surface area (Å²) in [6, 6.07) is 0.788. The second kappa shape index (κ2) is 3.38. The Balaban J connectivity index is 2.26. The lowest BCUT2D eigenvalue weighted by atomic mass is 9.90. The van der Waals surface area contributed by atoms with Gasteiger partial charge in [-0.3, -0.25) is 0 Å². The smallest absolute Gasteiger partial charge is 0.00902 e. The molecule has 0 aromatic carbocycles. The fraction of sp³-hybridized carbons (Fsp3) is 1.00. The van der Waals surface area contributed by atoms with Crippen LogP contribution in [0.25, 0.3) is 0 Å². The zero-order chi connectivity index (χ0) is 7.56. The van der Waals surface area contributed by atoms with Crippen molar-refractivity contribution in [3.63, 3.8) is 0 Å². The summed E-state index contributed by atoms with van der Waals surface area (Å²) < 4.78 is 0. The van der Waals surface area contributed by atoms with Gasteiger partial charge in [-0.05, 0) is 31.2 Å². The van der Waals surface area contributed by atoms with Gasteiger partial charge in [0.25, 0.3) is 0 Å². The average molecular weight is 141 g/mol. The van der Waals surface area contributed by atoms with E-state index >= 15 is 0 Å². The minimum atomic E-state index is 0.788. The predicted octanol–water partition coefficient (Wildman–Crippen LogP) is 2.03. The molecule has 1 aliphatic heterocycles. The van der Waals surface area contributed by atoms with Crippen LogP contribution in [0.3, 0.4) is 0 Å². The van der Waals surface area contributed by atoms with E-state index in [9.17, 15) is 0 Å². The summed E-state index contributed by atoms with van der Waals surface area (Å²) in [5, 5.41) is 3.57. The lowest BCUT2D eigenvalue weighted by Crippen LogP contribution is -2.41. The maximum atomic E-state index is 3.57. The van der Waals surface area contributed by atoms with Crippen LogP contribution in [0.15, 0.2) is 0 Å². The minimum absolute atomic E-state index is 0.788. The molecule has 1 nitrogen and oxygen atoms in total. The standard InChI is InChI=1S/C9H19N/c1-7(2)9-5-4-8(3)6-10-9/h7-10H,4-6H2,1-3H3/t8-,9-/m0/s1. The van der Waals surface area contributed by atoms with Gasteiger partial charge >= 0.3 is 0 Å². The molecule has 0 aromatic heterocycles. The van der Waals surface area contributed by atoms with E-state index in [1.165, 1.54) is 19.4 Å². The summed E-state index contributed by atoms with van der Waals surface area (Å²) >= 11 is 0. The van der Waals surface area contributed by atoms with Crippen molar-refractivity contribution < 1.29 is 0 Å². The first-order valence-electron chi connectivity index (χ1n) is 4.43. The van der Waals surface area contributed by atoms with Crippen LogP contribution in [0.2, 0.25) is 0 Å². The van der Waals surface area contributed by atoms with Crippen LogP contribution in [0, 0.1) is 11.8 Å². The molecule has 0 saturated carbocycles. The number of nitrogens with one attached hydrogen (secondary N) is 1. The van der Waals surface area contributed by atoms with Crippen LogP contribution in [-0.2, 0) is 0 Å².